The van der Waals surface area contributed by atoms with Gasteiger partial charge in [-0.1, -0.05) is 53.6 Å². The van der Waals surface area contributed by atoms with Crippen LogP contribution in [0.4, 0.5) is 0 Å². The van der Waals surface area contributed by atoms with Gasteiger partial charge in [-0.15, -0.1) is 0 Å². The fourth-order valence-electron chi connectivity index (χ4n) is 1.95. The summed E-state index contributed by atoms with van der Waals surface area (Å²) in [6, 6.07) is 9.84. The van der Waals surface area contributed by atoms with Crippen molar-refractivity contribution < 1.29 is 4.79 Å². The van der Waals surface area contributed by atoms with Crippen LogP contribution in [0.3, 0.4) is 0 Å². The number of carbonyl (C=O) groups is 1. The number of benzene rings is 1. The average Bonchev–Trinajstić information content (AvgIpc) is 2.34. The van der Waals surface area contributed by atoms with Crippen molar-refractivity contribution in [2.24, 2.45) is 5.92 Å². The summed E-state index contributed by atoms with van der Waals surface area (Å²) in [5, 5.41) is 0.386. The van der Waals surface area contributed by atoms with Crippen molar-refractivity contribution in [3.8, 4) is 0 Å². The number of Topliss-reactive ketones (excluding diaryl/α,β-unsaturated/α-hetero) is 1. The van der Waals surface area contributed by atoms with Crippen molar-refractivity contribution in [3.63, 3.8) is 0 Å². The fraction of sp³-hybridized carbons (Fsp3) is 0.214. The summed E-state index contributed by atoms with van der Waals surface area (Å²) >= 11 is 6.00. The third kappa shape index (κ3) is 1.61. The molecule has 1 unspecified atom stereocenters. The summed E-state index contributed by atoms with van der Waals surface area (Å²) in [5.41, 5.74) is 3.06. The van der Waals surface area contributed by atoms with Gasteiger partial charge in [0.1, 0.15) is 0 Å². The molecule has 16 heavy (non-hydrogen) atoms. The van der Waals surface area contributed by atoms with Crippen molar-refractivity contribution in [2.75, 3.05) is 0 Å². The lowest BCUT2D eigenvalue weighted by Gasteiger charge is -2.30. The van der Waals surface area contributed by atoms with Crippen LogP contribution in [0.1, 0.15) is 19.4 Å². The minimum Gasteiger partial charge on any atom is -0.292 e. The number of halogens is 1. The summed E-state index contributed by atoms with van der Waals surface area (Å²) in [7, 11) is 0. The van der Waals surface area contributed by atoms with Gasteiger partial charge in [0.25, 0.3) is 0 Å². The lowest BCUT2D eigenvalue weighted by Crippen LogP contribution is -2.28. The van der Waals surface area contributed by atoms with Crippen LogP contribution in [0.15, 0.2) is 47.0 Å². The molecule has 1 aliphatic rings. The lowest BCUT2D eigenvalue weighted by atomic mass is 9.75. The van der Waals surface area contributed by atoms with E-state index >= 15 is 0 Å². The van der Waals surface area contributed by atoms with Crippen LogP contribution in [0.2, 0.25) is 0 Å². The third-order valence-corrected chi connectivity index (χ3v) is 3.39. The second-order valence-electron chi connectivity index (χ2n) is 3.92. The van der Waals surface area contributed by atoms with Gasteiger partial charge in [-0.3, -0.25) is 4.79 Å². The monoisotopic (exact) mass is 232 g/mol. The van der Waals surface area contributed by atoms with Crippen LogP contribution in [0.25, 0.3) is 5.57 Å². The van der Waals surface area contributed by atoms with E-state index in [4.69, 9.17) is 11.6 Å². The maximum atomic E-state index is 11.7. The molecule has 82 valence electrons. The first-order valence-corrected chi connectivity index (χ1v) is 5.66. The van der Waals surface area contributed by atoms with E-state index in [9.17, 15) is 4.79 Å². The van der Waals surface area contributed by atoms with E-state index in [2.05, 4.69) is 0 Å². The van der Waals surface area contributed by atoms with Crippen LogP contribution in [-0.2, 0) is 4.79 Å². The molecule has 0 aliphatic heterocycles. The predicted molar refractivity (Wildman–Crippen MR) is 67.1 cm³/mol. The molecule has 0 bridgehead atoms. The highest BCUT2D eigenvalue weighted by Crippen LogP contribution is 2.44. The Kier molecular flexibility index (Phi) is 2.97. The minimum atomic E-state index is -0.139. The minimum absolute atomic E-state index is 0.0381. The molecule has 1 aliphatic carbocycles. The largest absolute Gasteiger partial charge is 0.292 e. The summed E-state index contributed by atoms with van der Waals surface area (Å²) in [5.74, 6) is -0.101. The quantitative estimate of drug-likeness (QED) is 0.709. The Morgan fingerprint density at radius 3 is 2.50 bits per heavy atom. The number of ketones is 1. The van der Waals surface area contributed by atoms with Gasteiger partial charge in [-0.25, -0.2) is 0 Å². The van der Waals surface area contributed by atoms with Crippen molar-refractivity contribution in [2.45, 2.75) is 13.8 Å². The second kappa shape index (κ2) is 4.26. The molecule has 2 rings (SSSR count). The van der Waals surface area contributed by atoms with E-state index in [1.165, 1.54) is 0 Å². The molecule has 0 saturated heterocycles. The zero-order valence-corrected chi connectivity index (χ0v) is 10.1. The van der Waals surface area contributed by atoms with Gasteiger partial charge in [0.15, 0.2) is 5.78 Å². The molecule has 0 aromatic heterocycles. The lowest BCUT2D eigenvalue weighted by molar-refractivity contribution is -0.117. The molecule has 1 aromatic carbocycles. The summed E-state index contributed by atoms with van der Waals surface area (Å²) in [6.07, 6.45) is 1.97. The number of hydrogen-bond acceptors (Lipinski definition) is 1. The number of carbonyl (C=O) groups excluding carboxylic acids is 1. The van der Waals surface area contributed by atoms with E-state index < -0.39 is 0 Å². The van der Waals surface area contributed by atoms with E-state index in [0.717, 1.165) is 16.7 Å². The van der Waals surface area contributed by atoms with E-state index in [0.29, 0.717) is 5.03 Å². The first kappa shape index (κ1) is 11.2. The SMILES string of the molecule is CC=C(C)C1C(=O)C(Cl)=C1c1ccccc1. The molecule has 1 aromatic rings. The summed E-state index contributed by atoms with van der Waals surface area (Å²) < 4.78 is 0. The van der Waals surface area contributed by atoms with Crippen LogP contribution in [0, 0.1) is 5.92 Å². The van der Waals surface area contributed by atoms with Crippen molar-refractivity contribution in [1.82, 2.24) is 0 Å². The first-order valence-electron chi connectivity index (χ1n) is 5.29. The molecule has 0 amide bonds. The molecule has 2 heteroatoms. The highest BCUT2D eigenvalue weighted by molar-refractivity contribution is 6.51. The third-order valence-electron chi connectivity index (χ3n) is 3.00. The van der Waals surface area contributed by atoms with Gasteiger partial charge in [-0.2, -0.15) is 0 Å². The van der Waals surface area contributed by atoms with Crippen molar-refractivity contribution in [3.05, 3.63) is 52.6 Å². The van der Waals surface area contributed by atoms with Crippen LogP contribution in [-0.4, -0.2) is 5.78 Å². The number of rotatable bonds is 2. The molecule has 0 saturated carbocycles. The molecule has 0 N–H and O–H groups in total. The van der Waals surface area contributed by atoms with Gasteiger partial charge in [-0.05, 0) is 25.0 Å². The summed E-state index contributed by atoms with van der Waals surface area (Å²) in [6.45, 7) is 3.91. The highest BCUT2D eigenvalue weighted by Gasteiger charge is 2.39. The molecule has 1 atom stereocenters. The zero-order chi connectivity index (χ0) is 11.7. The second-order valence-corrected chi connectivity index (χ2v) is 4.30. The van der Waals surface area contributed by atoms with Gasteiger partial charge in [0, 0.05) is 0 Å². The van der Waals surface area contributed by atoms with Crippen LogP contribution in [0.5, 0.6) is 0 Å². The topological polar surface area (TPSA) is 17.1 Å². The number of hydrogen-bond donors (Lipinski definition) is 0. The predicted octanol–water partition coefficient (Wildman–Crippen LogP) is 3.80. The first-order chi connectivity index (χ1) is 7.66. The normalized spacial score (nSPS) is 21.1. The Labute approximate surface area is 100 Å². The highest BCUT2D eigenvalue weighted by atomic mass is 35.5. The molecule has 0 fully saturated rings. The molecular weight excluding hydrogens is 220 g/mol. The summed E-state index contributed by atoms with van der Waals surface area (Å²) in [4.78, 5) is 11.7. The fourth-order valence-corrected chi connectivity index (χ4v) is 2.28. The molecule has 0 spiro atoms. The van der Waals surface area contributed by atoms with Gasteiger partial charge >= 0.3 is 0 Å². The van der Waals surface area contributed by atoms with Gasteiger partial charge in [0.2, 0.25) is 0 Å². The Balaban J connectivity index is 2.45. The van der Waals surface area contributed by atoms with E-state index in [1.807, 2.05) is 50.3 Å². The molecule has 1 nitrogen and oxygen atoms in total. The Bertz CT molecular complexity index is 483. The maximum Gasteiger partial charge on any atom is 0.186 e. The Morgan fingerprint density at radius 2 is 1.94 bits per heavy atom. The van der Waals surface area contributed by atoms with Crippen molar-refractivity contribution >= 4 is 23.0 Å². The van der Waals surface area contributed by atoms with E-state index in [1.54, 1.807) is 0 Å². The van der Waals surface area contributed by atoms with Crippen LogP contribution >= 0.6 is 11.6 Å². The Hall–Kier alpha value is -1.34. The van der Waals surface area contributed by atoms with E-state index in [-0.39, 0.29) is 11.7 Å². The molecule has 0 heterocycles. The number of allylic oxidation sites excluding steroid dienone is 4. The smallest absolute Gasteiger partial charge is 0.186 e. The maximum absolute atomic E-state index is 11.7. The Morgan fingerprint density at radius 1 is 1.31 bits per heavy atom. The van der Waals surface area contributed by atoms with Gasteiger partial charge < -0.3 is 0 Å². The van der Waals surface area contributed by atoms with Crippen LogP contribution < -0.4 is 0 Å². The van der Waals surface area contributed by atoms with Crippen molar-refractivity contribution in [1.29, 1.82) is 0 Å². The standard InChI is InChI=1S/C14H13ClO/c1-3-9(2)11-12(13(15)14(11)16)10-7-5-4-6-8-10/h3-8,11H,1-2H3. The van der Waals surface area contributed by atoms with Gasteiger partial charge in [0.05, 0.1) is 11.0 Å². The zero-order valence-electron chi connectivity index (χ0n) is 9.33. The average molecular weight is 233 g/mol. The molecular formula is C14H13ClO. The molecule has 0 radical (unpaired) electrons.